The summed E-state index contributed by atoms with van der Waals surface area (Å²) in [5.41, 5.74) is 5.26. The Kier molecular flexibility index (Phi) is 5.86. The van der Waals surface area contributed by atoms with Crippen molar-refractivity contribution in [2.24, 2.45) is 0 Å². The quantitative estimate of drug-likeness (QED) is 0.619. The third-order valence-corrected chi connectivity index (χ3v) is 3.19. The van der Waals surface area contributed by atoms with Crippen molar-refractivity contribution in [3.8, 4) is 0 Å². The van der Waals surface area contributed by atoms with E-state index in [9.17, 15) is 19.8 Å². The zero-order valence-corrected chi connectivity index (χ0v) is 11.8. The van der Waals surface area contributed by atoms with E-state index in [4.69, 9.17) is 10.5 Å². The summed E-state index contributed by atoms with van der Waals surface area (Å²) in [4.78, 5) is 26.7. The first kappa shape index (κ1) is 16.3. The fourth-order valence-corrected chi connectivity index (χ4v) is 2.23. The molecule has 4 N–H and O–H groups in total. The Morgan fingerprint density at radius 1 is 1.30 bits per heavy atom. The summed E-state index contributed by atoms with van der Waals surface area (Å²) in [5.74, 6) is -1.78. The lowest BCUT2D eigenvalue weighted by molar-refractivity contribution is -0.159. The molecule has 1 rings (SSSR count). The van der Waals surface area contributed by atoms with E-state index < -0.39 is 24.1 Å². The van der Waals surface area contributed by atoms with E-state index in [0.29, 0.717) is 0 Å². The van der Waals surface area contributed by atoms with E-state index >= 15 is 0 Å². The number of carbonyl (C=O) groups excluding carboxylic acids is 2. The van der Waals surface area contributed by atoms with Gasteiger partial charge >= 0.3 is 11.9 Å². The normalized spacial score (nSPS) is 13.6. The maximum absolute atomic E-state index is 11.7. The number of hydrogen-bond acceptors (Lipinski definition) is 9. The second-order valence-electron chi connectivity index (χ2n) is 3.63. The summed E-state index contributed by atoms with van der Waals surface area (Å²) in [6.07, 6.45) is -3.49. The van der Waals surface area contributed by atoms with E-state index in [1.165, 1.54) is 0 Å². The molecule has 0 aliphatic rings. The van der Waals surface area contributed by atoms with Crippen molar-refractivity contribution in [2.45, 2.75) is 26.1 Å². The number of aliphatic hydroxyl groups excluding tert-OH is 2. The van der Waals surface area contributed by atoms with Gasteiger partial charge in [-0.3, -0.25) is 0 Å². The van der Waals surface area contributed by atoms with Crippen molar-refractivity contribution in [3.05, 3.63) is 10.6 Å². The van der Waals surface area contributed by atoms with Crippen molar-refractivity contribution in [2.75, 3.05) is 18.9 Å². The Bertz CT molecular complexity index is 489. The van der Waals surface area contributed by atoms with Crippen molar-refractivity contribution in [1.82, 2.24) is 4.98 Å². The first-order chi connectivity index (χ1) is 9.42. The molecular formula is C11H16N2O6S. The van der Waals surface area contributed by atoms with E-state index in [1.807, 2.05) is 0 Å². The number of aliphatic hydroxyl groups is 2. The molecule has 0 radical (unpaired) electrons. The molecule has 0 saturated heterocycles. The largest absolute Gasteiger partial charge is 0.464 e. The molecule has 0 bridgehead atoms. The van der Waals surface area contributed by atoms with Crippen LogP contribution in [0.5, 0.6) is 0 Å². The number of esters is 2. The summed E-state index contributed by atoms with van der Waals surface area (Å²) in [6, 6.07) is 0. The van der Waals surface area contributed by atoms with Crippen LogP contribution in [-0.4, -0.2) is 46.5 Å². The van der Waals surface area contributed by atoms with Crippen LogP contribution in [0.25, 0.3) is 0 Å². The van der Waals surface area contributed by atoms with Gasteiger partial charge in [-0.1, -0.05) is 11.3 Å². The lowest BCUT2D eigenvalue weighted by Crippen LogP contribution is -2.30. The molecule has 0 aromatic carbocycles. The maximum atomic E-state index is 11.7. The molecule has 0 fully saturated rings. The Hall–Kier alpha value is -1.71. The number of anilines is 1. The second kappa shape index (κ2) is 7.17. The highest BCUT2D eigenvalue weighted by Gasteiger charge is 2.33. The van der Waals surface area contributed by atoms with Crippen LogP contribution in [0, 0.1) is 0 Å². The standard InChI is InChI=1S/C11H16N2O6S/c1-3-18-9(16)5-8(20-11(12)13-5)6(14)7(15)10(17)19-4-2/h6-7,14-15H,3-4H2,1-2H3,(H2,12,13). The van der Waals surface area contributed by atoms with Gasteiger partial charge in [-0.05, 0) is 13.8 Å². The molecule has 0 amide bonds. The van der Waals surface area contributed by atoms with Crippen molar-refractivity contribution in [1.29, 1.82) is 0 Å². The topological polar surface area (TPSA) is 132 Å². The minimum absolute atomic E-state index is 0.0122. The number of thiazole rings is 1. The predicted molar refractivity (Wildman–Crippen MR) is 70.1 cm³/mol. The maximum Gasteiger partial charge on any atom is 0.358 e. The molecule has 0 aliphatic heterocycles. The SMILES string of the molecule is CCOC(=O)c1nc(N)sc1C(O)C(O)C(=O)OCC. The molecule has 1 aromatic rings. The Morgan fingerprint density at radius 3 is 2.45 bits per heavy atom. The molecule has 2 atom stereocenters. The van der Waals surface area contributed by atoms with E-state index in [0.717, 1.165) is 11.3 Å². The van der Waals surface area contributed by atoms with Crippen LogP contribution in [0.3, 0.4) is 0 Å². The summed E-state index contributed by atoms with van der Waals surface area (Å²) >= 11 is 0.789. The number of nitrogens with two attached hydrogens (primary N) is 1. The van der Waals surface area contributed by atoms with Gasteiger partial charge in [0, 0.05) is 0 Å². The molecule has 9 heteroatoms. The molecule has 1 heterocycles. The fraction of sp³-hybridized carbons (Fsp3) is 0.545. The van der Waals surface area contributed by atoms with Crippen molar-refractivity contribution in [3.63, 3.8) is 0 Å². The minimum atomic E-state index is -1.83. The molecule has 0 aliphatic carbocycles. The summed E-state index contributed by atoms with van der Waals surface area (Å²) in [6.45, 7) is 3.34. The van der Waals surface area contributed by atoms with Crippen LogP contribution in [0.2, 0.25) is 0 Å². The third-order valence-electron chi connectivity index (χ3n) is 2.23. The van der Waals surface area contributed by atoms with Gasteiger partial charge in [0.1, 0.15) is 6.10 Å². The highest BCUT2D eigenvalue weighted by molar-refractivity contribution is 7.15. The summed E-state index contributed by atoms with van der Waals surface area (Å²) in [7, 11) is 0. The highest BCUT2D eigenvalue weighted by Crippen LogP contribution is 2.30. The molecular weight excluding hydrogens is 288 g/mol. The predicted octanol–water partition coefficient (Wildman–Crippen LogP) is -0.141. The van der Waals surface area contributed by atoms with Crippen LogP contribution in [0.1, 0.15) is 35.3 Å². The molecule has 2 unspecified atom stereocenters. The fourth-order valence-electron chi connectivity index (χ4n) is 1.40. The van der Waals surface area contributed by atoms with Gasteiger partial charge in [0.25, 0.3) is 0 Å². The van der Waals surface area contributed by atoms with Gasteiger partial charge in [0.2, 0.25) is 0 Å². The van der Waals surface area contributed by atoms with Gasteiger partial charge in [-0.25, -0.2) is 14.6 Å². The van der Waals surface area contributed by atoms with Crippen LogP contribution >= 0.6 is 11.3 Å². The lowest BCUT2D eigenvalue weighted by atomic mass is 10.1. The number of aromatic nitrogens is 1. The monoisotopic (exact) mass is 304 g/mol. The first-order valence-electron chi connectivity index (χ1n) is 5.88. The lowest BCUT2D eigenvalue weighted by Gasteiger charge is -2.15. The van der Waals surface area contributed by atoms with Crippen molar-refractivity contribution < 1.29 is 29.3 Å². The smallest absolute Gasteiger partial charge is 0.358 e. The van der Waals surface area contributed by atoms with Gasteiger partial charge in [-0.2, -0.15) is 0 Å². The minimum Gasteiger partial charge on any atom is -0.464 e. The molecule has 20 heavy (non-hydrogen) atoms. The molecule has 0 spiro atoms. The van der Waals surface area contributed by atoms with Gasteiger partial charge < -0.3 is 25.4 Å². The Balaban J connectivity index is 3.00. The Labute approximate surface area is 119 Å². The van der Waals surface area contributed by atoms with E-state index in [-0.39, 0.29) is 28.9 Å². The van der Waals surface area contributed by atoms with Gasteiger partial charge in [-0.15, -0.1) is 0 Å². The summed E-state index contributed by atoms with van der Waals surface area (Å²) < 4.78 is 9.35. The van der Waals surface area contributed by atoms with E-state index in [2.05, 4.69) is 9.72 Å². The van der Waals surface area contributed by atoms with E-state index in [1.54, 1.807) is 13.8 Å². The number of hydrogen-bond donors (Lipinski definition) is 3. The van der Waals surface area contributed by atoms with Crippen LogP contribution in [-0.2, 0) is 14.3 Å². The van der Waals surface area contributed by atoms with Crippen LogP contribution in [0.15, 0.2) is 0 Å². The second-order valence-corrected chi connectivity index (χ2v) is 4.69. The average molecular weight is 304 g/mol. The number of carbonyl (C=O) groups is 2. The van der Waals surface area contributed by atoms with Gasteiger partial charge in [0.05, 0.1) is 18.1 Å². The average Bonchev–Trinajstić information content (AvgIpc) is 2.79. The van der Waals surface area contributed by atoms with Crippen LogP contribution in [0.4, 0.5) is 5.13 Å². The molecule has 0 saturated carbocycles. The molecule has 112 valence electrons. The number of rotatable bonds is 6. The molecule has 8 nitrogen and oxygen atoms in total. The van der Waals surface area contributed by atoms with Crippen molar-refractivity contribution >= 4 is 28.4 Å². The Morgan fingerprint density at radius 2 is 1.90 bits per heavy atom. The third kappa shape index (κ3) is 3.65. The zero-order valence-electron chi connectivity index (χ0n) is 11.0. The number of nitrogen functional groups attached to an aromatic ring is 1. The van der Waals surface area contributed by atoms with Gasteiger partial charge in [0.15, 0.2) is 16.9 Å². The summed E-state index contributed by atoms with van der Waals surface area (Å²) in [5, 5.41) is 19.6. The zero-order chi connectivity index (χ0) is 15.3. The highest BCUT2D eigenvalue weighted by atomic mass is 32.1. The number of nitrogens with zero attached hydrogens (tertiary/aromatic N) is 1. The number of ether oxygens (including phenoxy) is 2. The first-order valence-corrected chi connectivity index (χ1v) is 6.70. The van der Waals surface area contributed by atoms with Crippen LogP contribution < -0.4 is 5.73 Å². The molecule has 1 aromatic heterocycles.